The number of hydrogen-bond donors (Lipinski definition) is 0. The molecule has 1 atom stereocenters. The minimum Gasteiger partial charge on any atom is -0.378 e. The van der Waals surface area contributed by atoms with Gasteiger partial charge in [0.2, 0.25) is 0 Å². The SMILES string of the molecule is O=C(CCC1CCCCO1)Cc1ccsc1. The molecule has 0 amide bonds. The van der Waals surface area contributed by atoms with Crippen LogP contribution in [0.15, 0.2) is 16.8 Å². The Labute approximate surface area is 101 Å². The summed E-state index contributed by atoms with van der Waals surface area (Å²) in [5, 5.41) is 4.07. The Kier molecular flexibility index (Phi) is 4.55. The maximum atomic E-state index is 11.7. The predicted octanol–water partition coefficient (Wildman–Crippen LogP) is 3.21. The number of carbonyl (C=O) groups excluding carboxylic acids is 1. The molecule has 1 aliphatic heterocycles. The Morgan fingerprint density at radius 2 is 2.44 bits per heavy atom. The summed E-state index contributed by atoms with van der Waals surface area (Å²) in [6, 6.07) is 2.03. The van der Waals surface area contributed by atoms with Crippen molar-refractivity contribution in [2.24, 2.45) is 0 Å². The van der Waals surface area contributed by atoms with E-state index in [0.29, 0.717) is 24.7 Å². The van der Waals surface area contributed by atoms with E-state index in [4.69, 9.17) is 4.74 Å². The molecule has 1 unspecified atom stereocenters. The summed E-state index contributed by atoms with van der Waals surface area (Å²) in [6.45, 7) is 0.878. The summed E-state index contributed by atoms with van der Waals surface area (Å²) >= 11 is 1.65. The van der Waals surface area contributed by atoms with Gasteiger partial charge in [0.25, 0.3) is 0 Å². The Hall–Kier alpha value is -0.670. The van der Waals surface area contributed by atoms with Crippen molar-refractivity contribution >= 4 is 17.1 Å². The van der Waals surface area contributed by atoms with Crippen LogP contribution in [0.4, 0.5) is 0 Å². The van der Waals surface area contributed by atoms with Crippen molar-refractivity contribution in [2.75, 3.05) is 6.61 Å². The van der Waals surface area contributed by atoms with Crippen LogP contribution in [0.1, 0.15) is 37.7 Å². The van der Waals surface area contributed by atoms with E-state index in [0.717, 1.165) is 25.0 Å². The molecule has 1 saturated heterocycles. The van der Waals surface area contributed by atoms with Gasteiger partial charge in [-0.25, -0.2) is 0 Å². The first-order valence-corrected chi connectivity index (χ1v) is 6.93. The van der Waals surface area contributed by atoms with Crippen LogP contribution in [0.2, 0.25) is 0 Å². The minimum atomic E-state index is 0.333. The highest BCUT2D eigenvalue weighted by atomic mass is 32.1. The zero-order valence-electron chi connectivity index (χ0n) is 9.48. The summed E-state index contributed by atoms with van der Waals surface area (Å²) < 4.78 is 5.61. The fraction of sp³-hybridized carbons (Fsp3) is 0.615. The highest BCUT2D eigenvalue weighted by Gasteiger charge is 2.15. The summed E-state index contributed by atoms with van der Waals surface area (Å²) in [5.41, 5.74) is 1.15. The van der Waals surface area contributed by atoms with Gasteiger partial charge in [-0.3, -0.25) is 4.79 Å². The van der Waals surface area contributed by atoms with Crippen molar-refractivity contribution in [3.63, 3.8) is 0 Å². The Morgan fingerprint density at radius 3 is 3.12 bits per heavy atom. The number of carbonyl (C=O) groups is 1. The largest absolute Gasteiger partial charge is 0.378 e. The molecule has 0 saturated carbocycles. The lowest BCUT2D eigenvalue weighted by Gasteiger charge is -2.22. The molecule has 1 fully saturated rings. The first-order valence-electron chi connectivity index (χ1n) is 5.99. The number of Topliss-reactive ketones (excluding diaryl/α,β-unsaturated/α-hetero) is 1. The first kappa shape index (κ1) is 11.8. The number of hydrogen-bond acceptors (Lipinski definition) is 3. The second kappa shape index (κ2) is 6.16. The van der Waals surface area contributed by atoms with Crippen molar-refractivity contribution in [1.82, 2.24) is 0 Å². The molecular formula is C13H18O2S. The normalized spacial score (nSPS) is 20.9. The second-order valence-electron chi connectivity index (χ2n) is 4.37. The monoisotopic (exact) mass is 238 g/mol. The number of rotatable bonds is 5. The van der Waals surface area contributed by atoms with Crippen LogP contribution in [0.5, 0.6) is 0 Å². The number of thiophene rings is 1. The molecule has 88 valence electrons. The third kappa shape index (κ3) is 3.72. The van der Waals surface area contributed by atoms with Crippen molar-refractivity contribution in [2.45, 2.75) is 44.6 Å². The standard InChI is InChI=1S/C13H18O2S/c14-12(9-11-6-8-16-10-11)4-5-13-3-1-2-7-15-13/h6,8,10,13H,1-5,7,9H2. The van der Waals surface area contributed by atoms with Crippen LogP contribution in [-0.4, -0.2) is 18.5 Å². The zero-order chi connectivity index (χ0) is 11.2. The highest BCUT2D eigenvalue weighted by molar-refractivity contribution is 7.07. The minimum absolute atomic E-state index is 0.333. The van der Waals surface area contributed by atoms with Crippen molar-refractivity contribution < 1.29 is 9.53 Å². The number of ketones is 1. The summed E-state index contributed by atoms with van der Waals surface area (Å²) in [5.74, 6) is 0.340. The molecular weight excluding hydrogens is 220 g/mol. The van der Waals surface area contributed by atoms with Gasteiger partial charge in [-0.2, -0.15) is 11.3 Å². The van der Waals surface area contributed by atoms with Gasteiger partial charge in [-0.15, -0.1) is 0 Å². The number of ether oxygens (including phenoxy) is 1. The van der Waals surface area contributed by atoms with Crippen molar-refractivity contribution in [3.8, 4) is 0 Å². The quantitative estimate of drug-likeness (QED) is 0.787. The van der Waals surface area contributed by atoms with Crippen LogP contribution < -0.4 is 0 Å². The predicted molar refractivity (Wildman–Crippen MR) is 65.9 cm³/mol. The average Bonchev–Trinajstić information content (AvgIpc) is 2.81. The highest BCUT2D eigenvalue weighted by Crippen LogP contribution is 2.17. The lowest BCUT2D eigenvalue weighted by molar-refractivity contribution is -0.119. The molecule has 2 heterocycles. The molecule has 16 heavy (non-hydrogen) atoms. The van der Waals surface area contributed by atoms with E-state index >= 15 is 0 Å². The maximum absolute atomic E-state index is 11.7. The van der Waals surface area contributed by atoms with Gasteiger partial charge in [-0.05, 0) is 48.1 Å². The second-order valence-corrected chi connectivity index (χ2v) is 5.15. The summed E-state index contributed by atoms with van der Waals surface area (Å²) in [7, 11) is 0. The van der Waals surface area contributed by atoms with E-state index in [1.807, 2.05) is 11.4 Å². The van der Waals surface area contributed by atoms with Gasteiger partial charge in [0, 0.05) is 19.4 Å². The zero-order valence-corrected chi connectivity index (χ0v) is 10.3. The van der Waals surface area contributed by atoms with E-state index in [-0.39, 0.29) is 0 Å². The topological polar surface area (TPSA) is 26.3 Å². The lowest BCUT2D eigenvalue weighted by Crippen LogP contribution is -2.20. The molecule has 0 aliphatic carbocycles. The summed E-state index contributed by atoms with van der Waals surface area (Å²) in [4.78, 5) is 11.7. The van der Waals surface area contributed by atoms with Crippen LogP contribution in [0.25, 0.3) is 0 Å². The molecule has 2 nitrogen and oxygen atoms in total. The van der Waals surface area contributed by atoms with E-state index < -0.39 is 0 Å². The maximum Gasteiger partial charge on any atom is 0.137 e. The molecule has 1 aliphatic rings. The molecule has 3 heteroatoms. The Morgan fingerprint density at radius 1 is 1.50 bits per heavy atom. The third-order valence-corrected chi connectivity index (χ3v) is 3.73. The fourth-order valence-electron chi connectivity index (χ4n) is 2.07. The van der Waals surface area contributed by atoms with E-state index in [1.165, 1.54) is 12.8 Å². The van der Waals surface area contributed by atoms with Gasteiger partial charge < -0.3 is 4.74 Å². The summed E-state index contributed by atoms with van der Waals surface area (Å²) in [6.07, 6.45) is 6.06. The van der Waals surface area contributed by atoms with Crippen molar-refractivity contribution in [1.29, 1.82) is 0 Å². The van der Waals surface area contributed by atoms with Crippen molar-refractivity contribution in [3.05, 3.63) is 22.4 Å². The molecule has 0 spiro atoms. The van der Waals surface area contributed by atoms with Gasteiger partial charge in [0.1, 0.15) is 5.78 Å². The fourth-order valence-corrected chi connectivity index (χ4v) is 2.73. The molecule has 0 bridgehead atoms. The first-order chi connectivity index (χ1) is 7.84. The van der Waals surface area contributed by atoms with Crippen LogP contribution in [-0.2, 0) is 16.0 Å². The Balaban J connectivity index is 1.67. The van der Waals surface area contributed by atoms with E-state index in [1.54, 1.807) is 11.3 Å². The van der Waals surface area contributed by atoms with Crippen LogP contribution in [0, 0.1) is 0 Å². The van der Waals surface area contributed by atoms with Gasteiger partial charge >= 0.3 is 0 Å². The van der Waals surface area contributed by atoms with Gasteiger partial charge in [0.05, 0.1) is 6.10 Å². The molecule has 1 aromatic rings. The van der Waals surface area contributed by atoms with E-state index in [2.05, 4.69) is 5.38 Å². The molecule has 0 radical (unpaired) electrons. The third-order valence-electron chi connectivity index (χ3n) is 3.00. The molecule has 1 aromatic heterocycles. The average molecular weight is 238 g/mol. The van der Waals surface area contributed by atoms with E-state index in [9.17, 15) is 4.79 Å². The molecule has 0 N–H and O–H groups in total. The van der Waals surface area contributed by atoms with Crippen LogP contribution in [0.3, 0.4) is 0 Å². The van der Waals surface area contributed by atoms with Gasteiger partial charge in [-0.1, -0.05) is 0 Å². The lowest BCUT2D eigenvalue weighted by atomic mass is 10.0. The molecule has 0 aromatic carbocycles. The Bertz CT molecular complexity index is 313. The molecule has 2 rings (SSSR count). The van der Waals surface area contributed by atoms with Crippen LogP contribution >= 0.6 is 11.3 Å². The smallest absolute Gasteiger partial charge is 0.137 e. The van der Waals surface area contributed by atoms with Gasteiger partial charge in [0.15, 0.2) is 0 Å².